The summed E-state index contributed by atoms with van der Waals surface area (Å²) in [5, 5.41) is 12.2. The van der Waals surface area contributed by atoms with Crippen LogP contribution in [-0.2, 0) is 20.2 Å². The molecule has 1 aliphatic carbocycles. The molecular weight excluding hydrogens is 466 g/mol. The van der Waals surface area contributed by atoms with Gasteiger partial charge in [-0.1, -0.05) is 28.1 Å². The fourth-order valence-electron chi connectivity index (χ4n) is 3.84. The van der Waals surface area contributed by atoms with Gasteiger partial charge in [-0.3, -0.25) is 4.79 Å². The molecule has 1 saturated carbocycles. The van der Waals surface area contributed by atoms with Gasteiger partial charge in [-0.25, -0.2) is 8.42 Å². The maximum atomic E-state index is 12.9. The first-order valence-electron chi connectivity index (χ1n) is 9.92. The monoisotopic (exact) mass is 487 g/mol. The summed E-state index contributed by atoms with van der Waals surface area (Å²) in [4.78, 5) is 13.0. The molecule has 0 aromatic heterocycles. The van der Waals surface area contributed by atoms with Gasteiger partial charge in [0.25, 0.3) is 0 Å². The number of hydrogen-bond acceptors (Lipinski definition) is 4. The van der Waals surface area contributed by atoms with Crippen LogP contribution in [0.1, 0.15) is 31.2 Å². The van der Waals surface area contributed by atoms with Crippen molar-refractivity contribution in [3.05, 3.63) is 58.6 Å². The van der Waals surface area contributed by atoms with Crippen molar-refractivity contribution in [1.82, 2.24) is 4.31 Å². The molecular formula is C22H22BrN3O3S. The van der Waals surface area contributed by atoms with E-state index in [1.807, 2.05) is 24.3 Å². The first-order chi connectivity index (χ1) is 14.3. The van der Waals surface area contributed by atoms with E-state index in [4.69, 9.17) is 0 Å². The highest BCUT2D eigenvalue weighted by Crippen LogP contribution is 2.47. The molecule has 2 aliphatic rings. The Hall–Kier alpha value is -2.21. The first kappa shape index (κ1) is 21.0. The molecule has 2 aromatic rings. The van der Waals surface area contributed by atoms with Gasteiger partial charge in [0.05, 0.1) is 22.3 Å². The lowest BCUT2D eigenvalue weighted by molar-refractivity contribution is -0.120. The van der Waals surface area contributed by atoms with E-state index in [2.05, 4.69) is 27.3 Å². The van der Waals surface area contributed by atoms with E-state index in [-0.39, 0.29) is 22.8 Å². The highest BCUT2D eigenvalue weighted by Gasteiger charge is 2.44. The van der Waals surface area contributed by atoms with Gasteiger partial charge in [-0.05, 0) is 67.6 Å². The zero-order valence-electron chi connectivity index (χ0n) is 16.3. The normalized spacial score (nSPS) is 20.9. The first-order valence-corrected chi connectivity index (χ1v) is 12.2. The SMILES string of the molecule is N#CC1(c2ccc(NC(=O)[C@@H]3CCCN(S(=O)(=O)c4ccc(Br)cc4)C3)cc2)CC1. The fourth-order valence-corrected chi connectivity index (χ4v) is 5.63. The van der Waals surface area contributed by atoms with Gasteiger partial charge < -0.3 is 5.32 Å². The number of carbonyl (C=O) groups is 1. The van der Waals surface area contributed by atoms with Crippen LogP contribution < -0.4 is 5.32 Å². The minimum Gasteiger partial charge on any atom is -0.326 e. The van der Waals surface area contributed by atoms with Crippen LogP contribution in [0.5, 0.6) is 0 Å². The molecule has 1 N–H and O–H groups in total. The molecule has 1 heterocycles. The Morgan fingerprint density at radius 1 is 1.13 bits per heavy atom. The number of piperidine rings is 1. The molecule has 0 spiro atoms. The molecule has 6 nitrogen and oxygen atoms in total. The van der Waals surface area contributed by atoms with Gasteiger partial charge in [0.15, 0.2) is 0 Å². The van der Waals surface area contributed by atoms with E-state index in [9.17, 15) is 18.5 Å². The summed E-state index contributed by atoms with van der Waals surface area (Å²) in [6.07, 6.45) is 3.03. The summed E-state index contributed by atoms with van der Waals surface area (Å²) >= 11 is 3.31. The van der Waals surface area contributed by atoms with Gasteiger partial charge >= 0.3 is 0 Å². The average molecular weight is 488 g/mol. The van der Waals surface area contributed by atoms with E-state index < -0.39 is 15.9 Å². The van der Waals surface area contributed by atoms with Crippen molar-refractivity contribution in [2.75, 3.05) is 18.4 Å². The van der Waals surface area contributed by atoms with Crippen molar-refractivity contribution in [2.45, 2.75) is 36.0 Å². The van der Waals surface area contributed by atoms with Gasteiger partial charge in [0.2, 0.25) is 15.9 Å². The lowest BCUT2D eigenvalue weighted by atomic mass is 9.97. The third-order valence-electron chi connectivity index (χ3n) is 5.88. The van der Waals surface area contributed by atoms with Gasteiger partial charge in [-0.2, -0.15) is 9.57 Å². The lowest BCUT2D eigenvalue weighted by Gasteiger charge is -2.31. The molecule has 1 amide bonds. The molecule has 156 valence electrons. The molecule has 0 unspecified atom stereocenters. The summed E-state index contributed by atoms with van der Waals surface area (Å²) in [5.74, 6) is -0.586. The molecule has 8 heteroatoms. The summed E-state index contributed by atoms with van der Waals surface area (Å²) < 4.78 is 28.1. The molecule has 0 radical (unpaired) electrons. The number of nitrogens with one attached hydrogen (secondary N) is 1. The number of benzene rings is 2. The maximum Gasteiger partial charge on any atom is 0.243 e. The van der Waals surface area contributed by atoms with Crippen LogP contribution in [-0.4, -0.2) is 31.7 Å². The van der Waals surface area contributed by atoms with Crippen molar-refractivity contribution in [2.24, 2.45) is 5.92 Å². The molecule has 1 aliphatic heterocycles. The quantitative estimate of drug-likeness (QED) is 0.688. The molecule has 30 heavy (non-hydrogen) atoms. The van der Waals surface area contributed by atoms with Gasteiger partial charge in [-0.15, -0.1) is 0 Å². The molecule has 2 aromatic carbocycles. The Bertz CT molecular complexity index is 1090. The molecule has 1 saturated heterocycles. The standard InChI is InChI=1S/C22H22BrN3O3S/c23-18-5-9-20(10-6-18)30(28,29)26-13-1-2-16(14-26)21(27)25-19-7-3-17(4-8-19)22(15-24)11-12-22/h3-10,16H,1-2,11-14H2,(H,25,27)/t16-/m1/s1. The highest BCUT2D eigenvalue weighted by atomic mass is 79.9. The van der Waals surface area contributed by atoms with E-state index in [1.54, 1.807) is 24.3 Å². The Morgan fingerprint density at radius 3 is 2.40 bits per heavy atom. The van der Waals surface area contributed by atoms with Crippen LogP contribution in [0, 0.1) is 17.2 Å². The van der Waals surface area contributed by atoms with Crippen molar-refractivity contribution in [3.63, 3.8) is 0 Å². The summed E-state index contributed by atoms with van der Waals surface area (Å²) in [7, 11) is -3.63. The number of anilines is 1. The highest BCUT2D eigenvalue weighted by molar-refractivity contribution is 9.10. The number of amides is 1. The Balaban J connectivity index is 1.42. The largest absolute Gasteiger partial charge is 0.326 e. The number of carbonyl (C=O) groups excluding carboxylic acids is 1. The number of rotatable bonds is 5. The zero-order valence-corrected chi connectivity index (χ0v) is 18.7. The maximum absolute atomic E-state index is 12.9. The summed E-state index contributed by atoms with van der Waals surface area (Å²) in [6, 6.07) is 16.3. The topological polar surface area (TPSA) is 90.3 Å². The van der Waals surface area contributed by atoms with Crippen LogP contribution in [0.3, 0.4) is 0 Å². The number of nitriles is 1. The zero-order chi connectivity index (χ0) is 21.4. The van der Waals surface area contributed by atoms with E-state index >= 15 is 0 Å². The van der Waals surface area contributed by atoms with Crippen LogP contribution in [0.25, 0.3) is 0 Å². The second kappa shape index (κ2) is 8.14. The smallest absolute Gasteiger partial charge is 0.243 e. The second-order valence-corrected chi connectivity index (χ2v) is 10.8. The third kappa shape index (κ3) is 4.15. The Labute approximate surface area is 185 Å². The van der Waals surface area contributed by atoms with Crippen molar-refractivity contribution in [1.29, 1.82) is 5.26 Å². The minimum atomic E-state index is -3.63. The number of sulfonamides is 1. The van der Waals surface area contributed by atoms with E-state index in [0.29, 0.717) is 25.1 Å². The third-order valence-corrected chi connectivity index (χ3v) is 8.28. The number of nitrogens with zero attached hydrogens (tertiary/aromatic N) is 2. The second-order valence-electron chi connectivity index (χ2n) is 7.92. The number of hydrogen-bond donors (Lipinski definition) is 1. The summed E-state index contributed by atoms with van der Waals surface area (Å²) in [5.41, 5.74) is 1.28. The minimum absolute atomic E-state index is 0.167. The van der Waals surface area contributed by atoms with E-state index in [0.717, 1.165) is 22.9 Å². The molecule has 2 fully saturated rings. The molecule has 4 rings (SSSR count). The van der Waals surface area contributed by atoms with Crippen LogP contribution in [0.2, 0.25) is 0 Å². The van der Waals surface area contributed by atoms with Crippen molar-refractivity contribution in [3.8, 4) is 6.07 Å². The lowest BCUT2D eigenvalue weighted by Crippen LogP contribution is -2.43. The van der Waals surface area contributed by atoms with Gasteiger partial charge in [0.1, 0.15) is 0 Å². The van der Waals surface area contributed by atoms with Crippen molar-refractivity contribution < 1.29 is 13.2 Å². The van der Waals surface area contributed by atoms with Crippen molar-refractivity contribution >= 4 is 37.5 Å². The van der Waals surface area contributed by atoms with Crippen LogP contribution in [0.15, 0.2) is 57.9 Å². The fraction of sp³-hybridized carbons (Fsp3) is 0.364. The Morgan fingerprint density at radius 2 is 1.80 bits per heavy atom. The summed E-state index contributed by atoms with van der Waals surface area (Å²) in [6.45, 7) is 0.576. The van der Waals surface area contributed by atoms with Crippen LogP contribution >= 0.6 is 15.9 Å². The Kier molecular flexibility index (Phi) is 5.71. The average Bonchev–Trinajstić information content (AvgIpc) is 3.56. The van der Waals surface area contributed by atoms with Gasteiger partial charge in [0, 0.05) is 23.2 Å². The molecule has 1 atom stereocenters. The predicted octanol–water partition coefficient (Wildman–Crippen LogP) is 4.04. The predicted molar refractivity (Wildman–Crippen MR) is 117 cm³/mol. The number of halogens is 1. The molecule has 0 bridgehead atoms. The van der Waals surface area contributed by atoms with Crippen LogP contribution in [0.4, 0.5) is 5.69 Å². The van der Waals surface area contributed by atoms with E-state index in [1.165, 1.54) is 4.31 Å².